The van der Waals surface area contributed by atoms with E-state index in [2.05, 4.69) is 5.32 Å². The van der Waals surface area contributed by atoms with Crippen molar-refractivity contribution in [2.45, 2.75) is 39.2 Å². The first-order valence-corrected chi connectivity index (χ1v) is 6.22. The first kappa shape index (κ1) is 14.6. The predicted octanol–water partition coefficient (Wildman–Crippen LogP) is 1.90. The van der Waals surface area contributed by atoms with Gasteiger partial charge in [0.15, 0.2) is 0 Å². The van der Waals surface area contributed by atoms with Gasteiger partial charge in [0.25, 0.3) is 0 Å². The third kappa shape index (κ3) is 5.25. The molecule has 1 atom stereocenters. The lowest BCUT2D eigenvalue weighted by Crippen LogP contribution is -2.45. The maximum Gasteiger partial charge on any atom is 0.410 e. The predicted molar refractivity (Wildman–Crippen MR) is 66.6 cm³/mol. The maximum atomic E-state index is 11.9. The van der Waals surface area contributed by atoms with Gasteiger partial charge < -0.3 is 20.1 Å². The van der Waals surface area contributed by atoms with E-state index in [1.165, 1.54) is 0 Å². The molecule has 1 aliphatic rings. The van der Waals surface area contributed by atoms with Gasteiger partial charge in [0, 0.05) is 19.6 Å². The molecule has 0 spiro atoms. The van der Waals surface area contributed by atoms with Gasteiger partial charge in [0.2, 0.25) is 0 Å². The largest absolute Gasteiger partial charge is 0.465 e. The molecule has 1 rings (SSSR count). The van der Waals surface area contributed by atoms with Crippen LogP contribution in [0.5, 0.6) is 0 Å². The molecule has 18 heavy (non-hydrogen) atoms. The van der Waals surface area contributed by atoms with Crippen molar-refractivity contribution in [2.75, 3.05) is 19.6 Å². The molecule has 1 aliphatic heterocycles. The van der Waals surface area contributed by atoms with E-state index in [0.29, 0.717) is 19.6 Å². The van der Waals surface area contributed by atoms with E-state index < -0.39 is 11.7 Å². The lowest BCUT2D eigenvalue weighted by molar-refractivity contribution is 0.0167. The minimum absolute atomic E-state index is 0.169. The topological polar surface area (TPSA) is 78.9 Å². The monoisotopic (exact) mass is 258 g/mol. The van der Waals surface area contributed by atoms with Gasteiger partial charge in [-0.1, -0.05) is 0 Å². The zero-order valence-corrected chi connectivity index (χ0v) is 11.2. The summed E-state index contributed by atoms with van der Waals surface area (Å²) in [5.41, 5.74) is -0.497. The van der Waals surface area contributed by atoms with Crippen LogP contribution in [-0.4, -0.2) is 47.4 Å². The lowest BCUT2D eigenvalue weighted by atomic mass is 9.98. The van der Waals surface area contributed by atoms with E-state index in [0.717, 1.165) is 12.8 Å². The van der Waals surface area contributed by atoms with Crippen molar-refractivity contribution >= 4 is 12.2 Å². The van der Waals surface area contributed by atoms with Gasteiger partial charge in [-0.2, -0.15) is 0 Å². The van der Waals surface area contributed by atoms with Crippen LogP contribution >= 0.6 is 0 Å². The van der Waals surface area contributed by atoms with Gasteiger partial charge in [-0.25, -0.2) is 9.59 Å². The molecule has 104 valence electrons. The zero-order chi connectivity index (χ0) is 13.8. The van der Waals surface area contributed by atoms with Crippen molar-refractivity contribution in [3.05, 3.63) is 0 Å². The highest BCUT2D eigenvalue weighted by Crippen LogP contribution is 2.18. The van der Waals surface area contributed by atoms with Crippen molar-refractivity contribution in [2.24, 2.45) is 5.92 Å². The fourth-order valence-corrected chi connectivity index (χ4v) is 1.96. The Hall–Kier alpha value is -1.46. The molecule has 1 fully saturated rings. The second-order valence-corrected chi connectivity index (χ2v) is 5.62. The fourth-order valence-electron chi connectivity index (χ4n) is 1.96. The minimum Gasteiger partial charge on any atom is -0.465 e. The Morgan fingerprint density at radius 3 is 2.67 bits per heavy atom. The average Bonchev–Trinajstić information content (AvgIpc) is 2.24. The number of piperidine rings is 1. The third-order valence-electron chi connectivity index (χ3n) is 2.71. The molecule has 1 saturated heterocycles. The maximum absolute atomic E-state index is 11.9. The van der Waals surface area contributed by atoms with Crippen LogP contribution in [0.1, 0.15) is 33.6 Å². The lowest BCUT2D eigenvalue weighted by Gasteiger charge is -2.34. The van der Waals surface area contributed by atoms with Crippen molar-refractivity contribution in [1.82, 2.24) is 10.2 Å². The van der Waals surface area contributed by atoms with Crippen LogP contribution < -0.4 is 5.32 Å². The molecule has 0 saturated carbocycles. The molecule has 0 aromatic rings. The number of hydrogen-bond acceptors (Lipinski definition) is 3. The number of nitrogens with one attached hydrogen (secondary N) is 1. The van der Waals surface area contributed by atoms with Crippen LogP contribution in [0.2, 0.25) is 0 Å². The van der Waals surface area contributed by atoms with Crippen LogP contribution in [0.15, 0.2) is 0 Å². The zero-order valence-electron chi connectivity index (χ0n) is 11.2. The van der Waals surface area contributed by atoms with Crippen LogP contribution in [0.4, 0.5) is 9.59 Å². The average molecular weight is 258 g/mol. The molecular formula is C12H22N2O4. The second-order valence-electron chi connectivity index (χ2n) is 5.62. The highest BCUT2D eigenvalue weighted by atomic mass is 16.6. The summed E-state index contributed by atoms with van der Waals surface area (Å²) in [4.78, 5) is 23.9. The molecule has 0 aromatic carbocycles. The van der Waals surface area contributed by atoms with Gasteiger partial charge >= 0.3 is 12.2 Å². The Balaban J connectivity index is 2.43. The third-order valence-corrected chi connectivity index (χ3v) is 2.71. The normalized spacial score (nSPS) is 20.4. The van der Waals surface area contributed by atoms with Crippen molar-refractivity contribution in [3.8, 4) is 0 Å². The Morgan fingerprint density at radius 1 is 1.44 bits per heavy atom. The standard InChI is InChI=1S/C12H22N2O4/c1-12(2,3)18-11(17)14-6-4-5-9(8-14)7-13-10(15)16/h9,13H,4-8H2,1-3H3,(H,15,16). The molecule has 1 unspecified atom stereocenters. The van der Waals surface area contributed by atoms with Crippen LogP contribution in [-0.2, 0) is 4.74 Å². The number of ether oxygens (including phenoxy) is 1. The molecular weight excluding hydrogens is 236 g/mol. The van der Waals surface area contributed by atoms with E-state index in [1.807, 2.05) is 20.8 Å². The number of carbonyl (C=O) groups is 2. The van der Waals surface area contributed by atoms with Crippen molar-refractivity contribution in [3.63, 3.8) is 0 Å². The van der Waals surface area contributed by atoms with E-state index in [-0.39, 0.29) is 12.0 Å². The van der Waals surface area contributed by atoms with Crippen molar-refractivity contribution in [1.29, 1.82) is 0 Å². The number of likely N-dealkylation sites (tertiary alicyclic amines) is 1. The Kier molecular flexibility index (Phi) is 4.81. The van der Waals surface area contributed by atoms with Gasteiger partial charge in [0.05, 0.1) is 0 Å². The molecule has 2 N–H and O–H groups in total. The summed E-state index contributed by atoms with van der Waals surface area (Å²) in [6.45, 7) is 7.11. The molecule has 6 nitrogen and oxygen atoms in total. The summed E-state index contributed by atoms with van der Waals surface area (Å²) in [6, 6.07) is 0. The number of rotatable bonds is 2. The van der Waals surface area contributed by atoms with Gasteiger partial charge in [-0.3, -0.25) is 0 Å². The number of hydrogen-bond donors (Lipinski definition) is 2. The van der Waals surface area contributed by atoms with Crippen molar-refractivity contribution < 1.29 is 19.4 Å². The highest BCUT2D eigenvalue weighted by Gasteiger charge is 2.27. The van der Waals surface area contributed by atoms with Gasteiger partial charge in [-0.15, -0.1) is 0 Å². The van der Waals surface area contributed by atoms with E-state index in [1.54, 1.807) is 4.90 Å². The Morgan fingerprint density at radius 2 is 2.11 bits per heavy atom. The highest BCUT2D eigenvalue weighted by molar-refractivity contribution is 5.68. The smallest absolute Gasteiger partial charge is 0.410 e. The molecule has 0 radical (unpaired) electrons. The first-order valence-electron chi connectivity index (χ1n) is 6.22. The SMILES string of the molecule is CC(C)(C)OC(=O)N1CCCC(CNC(=O)O)C1. The Bertz CT molecular complexity index is 312. The summed E-state index contributed by atoms with van der Waals surface area (Å²) in [6.07, 6.45) is 0.469. The van der Waals surface area contributed by atoms with Gasteiger partial charge in [-0.05, 0) is 39.5 Å². The first-order chi connectivity index (χ1) is 8.28. The quantitative estimate of drug-likeness (QED) is 0.793. The summed E-state index contributed by atoms with van der Waals surface area (Å²) < 4.78 is 5.30. The van der Waals surface area contributed by atoms with E-state index in [9.17, 15) is 9.59 Å². The Labute approximate surface area is 107 Å². The summed E-state index contributed by atoms with van der Waals surface area (Å²) in [5.74, 6) is 0.169. The minimum atomic E-state index is -1.02. The van der Waals surface area contributed by atoms with Crippen LogP contribution in [0.25, 0.3) is 0 Å². The fraction of sp³-hybridized carbons (Fsp3) is 0.833. The number of nitrogens with zero attached hydrogens (tertiary/aromatic N) is 1. The van der Waals surface area contributed by atoms with E-state index >= 15 is 0 Å². The number of carbonyl (C=O) groups excluding carboxylic acids is 1. The summed E-state index contributed by atoms with van der Waals surface area (Å²) in [5, 5.41) is 10.9. The van der Waals surface area contributed by atoms with E-state index in [4.69, 9.17) is 9.84 Å². The van der Waals surface area contributed by atoms with Crippen LogP contribution in [0, 0.1) is 5.92 Å². The summed E-state index contributed by atoms with van der Waals surface area (Å²) >= 11 is 0. The van der Waals surface area contributed by atoms with Gasteiger partial charge in [0.1, 0.15) is 5.60 Å². The number of carboxylic acid groups (broad SMARTS) is 1. The number of amides is 2. The second kappa shape index (κ2) is 5.93. The molecule has 6 heteroatoms. The molecule has 0 aliphatic carbocycles. The molecule has 2 amide bonds. The molecule has 1 heterocycles. The van der Waals surface area contributed by atoms with Crippen LogP contribution in [0.3, 0.4) is 0 Å². The molecule has 0 bridgehead atoms. The molecule has 0 aromatic heterocycles. The summed E-state index contributed by atoms with van der Waals surface area (Å²) in [7, 11) is 0.